The van der Waals surface area contributed by atoms with Crippen molar-refractivity contribution in [1.29, 1.82) is 0 Å². The molecule has 2 aromatic heterocycles. The van der Waals surface area contributed by atoms with Crippen LogP contribution in [-0.2, 0) is 13.0 Å². The Morgan fingerprint density at radius 1 is 1.00 bits per heavy atom. The Morgan fingerprint density at radius 2 is 1.79 bits per heavy atom. The van der Waals surface area contributed by atoms with Gasteiger partial charge in [0.1, 0.15) is 11.6 Å². The lowest BCUT2D eigenvalue weighted by atomic mass is 10.0. The quantitative estimate of drug-likeness (QED) is 0.449. The fourth-order valence-electron chi connectivity index (χ4n) is 3.38. The highest BCUT2D eigenvalue weighted by atomic mass is 35.5. The van der Waals surface area contributed by atoms with E-state index in [2.05, 4.69) is 4.98 Å². The number of fused-ring (bicyclic) bond motifs is 1. The van der Waals surface area contributed by atoms with E-state index in [-0.39, 0.29) is 5.88 Å². The van der Waals surface area contributed by atoms with Crippen LogP contribution >= 0.6 is 11.6 Å². The first-order valence-electron chi connectivity index (χ1n) is 8.88. The SMILES string of the molecule is Oc1c2c(Cl)cc(-c3ccncc3)cc2cn1CCCc1ccc(F)cc1F. The van der Waals surface area contributed by atoms with Crippen molar-refractivity contribution in [3.05, 3.63) is 83.3 Å². The van der Waals surface area contributed by atoms with E-state index in [0.717, 1.165) is 22.6 Å². The van der Waals surface area contributed by atoms with Crippen LogP contribution in [0.1, 0.15) is 12.0 Å². The molecule has 0 aliphatic carbocycles. The van der Waals surface area contributed by atoms with Gasteiger partial charge in [-0.1, -0.05) is 17.7 Å². The molecule has 0 fully saturated rings. The maximum absolute atomic E-state index is 13.8. The van der Waals surface area contributed by atoms with Crippen molar-refractivity contribution in [1.82, 2.24) is 9.55 Å². The highest BCUT2D eigenvalue weighted by Gasteiger charge is 2.14. The van der Waals surface area contributed by atoms with Crippen molar-refractivity contribution in [3.8, 4) is 17.0 Å². The first-order valence-corrected chi connectivity index (χ1v) is 9.26. The molecule has 0 aliphatic rings. The lowest BCUT2D eigenvalue weighted by molar-refractivity contribution is 0.418. The second-order valence-corrected chi connectivity index (χ2v) is 7.05. The van der Waals surface area contributed by atoms with E-state index < -0.39 is 11.6 Å². The predicted molar refractivity (Wildman–Crippen MR) is 107 cm³/mol. The van der Waals surface area contributed by atoms with E-state index in [1.165, 1.54) is 12.1 Å². The zero-order valence-corrected chi connectivity index (χ0v) is 15.6. The van der Waals surface area contributed by atoms with E-state index in [1.807, 2.05) is 30.5 Å². The molecule has 4 rings (SSSR count). The van der Waals surface area contributed by atoms with Crippen molar-refractivity contribution < 1.29 is 13.9 Å². The zero-order chi connectivity index (χ0) is 19.7. The Kier molecular flexibility index (Phi) is 5.01. The van der Waals surface area contributed by atoms with E-state index in [1.54, 1.807) is 17.0 Å². The minimum Gasteiger partial charge on any atom is -0.494 e. The molecule has 4 aromatic rings. The monoisotopic (exact) mass is 398 g/mol. The number of halogens is 3. The summed E-state index contributed by atoms with van der Waals surface area (Å²) in [6.07, 6.45) is 6.29. The number of aromatic hydroxyl groups is 1. The fourth-order valence-corrected chi connectivity index (χ4v) is 3.70. The van der Waals surface area contributed by atoms with E-state index in [4.69, 9.17) is 11.6 Å². The fraction of sp³-hybridized carbons (Fsp3) is 0.136. The van der Waals surface area contributed by atoms with Gasteiger partial charge in [-0.05, 0) is 59.9 Å². The first kappa shape index (κ1) is 18.4. The number of rotatable bonds is 5. The summed E-state index contributed by atoms with van der Waals surface area (Å²) < 4.78 is 28.5. The van der Waals surface area contributed by atoms with Crippen molar-refractivity contribution in [2.45, 2.75) is 19.4 Å². The van der Waals surface area contributed by atoms with Crippen molar-refractivity contribution in [2.75, 3.05) is 0 Å². The summed E-state index contributed by atoms with van der Waals surface area (Å²) in [6.45, 7) is 0.484. The summed E-state index contributed by atoms with van der Waals surface area (Å²) in [5, 5.41) is 12.4. The van der Waals surface area contributed by atoms with Gasteiger partial charge in [0.25, 0.3) is 0 Å². The molecule has 0 atom stereocenters. The molecular formula is C22H17ClF2N2O. The second-order valence-electron chi connectivity index (χ2n) is 6.64. The molecule has 0 amide bonds. The van der Waals surface area contributed by atoms with Gasteiger partial charge in [-0.3, -0.25) is 4.98 Å². The summed E-state index contributed by atoms with van der Waals surface area (Å²) in [5.41, 5.74) is 2.37. The average molecular weight is 399 g/mol. The number of hydrogen-bond donors (Lipinski definition) is 1. The van der Waals surface area contributed by atoms with E-state index in [0.29, 0.717) is 35.4 Å². The van der Waals surface area contributed by atoms with Crippen LogP contribution in [0.15, 0.2) is 61.1 Å². The highest BCUT2D eigenvalue weighted by molar-refractivity contribution is 6.36. The molecule has 2 aromatic carbocycles. The molecule has 2 heterocycles. The standard InChI is InChI=1S/C22H17ClF2N2O/c23-19-11-16(14-5-7-26-8-6-14)10-17-13-27(22(28)21(17)19)9-1-2-15-3-4-18(24)12-20(15)25/h3-8,10-13,28H,1-2,9H2. The highest BCUT2D eigenvalue weighted by Crippen LogP contribution is 2.37. The smallest absolute Gasteiger partial charge is 0.200 e. The molecule has 0 saturated heterocycles. The van der Waals surface area contributed by atoms with Crippen molar-refractivity contribution in [3.63, 3.8) is 0 Å². The van der Waals surface area contributed by atoms with Gasteiger partial charge in [0.05, 0.1) is 10.4 Å². The third-order valence-corrected chi connectivity index (χ3v) is 5.08. The Labute approximate surface area is 165 Å². The van der Waals surface area contributed by atoms with Crippen molar-refractivity contribution in [2.24, 2.45) is 0 Å². The Balaban J connectivity index is 1.58. The van der Waals surface area contributed by atoms with Gasteiger partial charge >= 0.3 is 0 Å². The normalized spacial score (nSPS) is 11.2. The summed E-state index contributed by atoms with van der Waals surface area (Å²) in [4.78, 5) is 4.02. The molecule has 3 nitrogen and oxygen atoms in total. The molecule has 28 heavy (non-hydrogen) atoms. The lowest BCUT2D eigenvalue weighted by Crippen LogP contribution is -1.99. The number of aromatic nitrogens is 2. The molecule has 6 heteroatoms. The van der Waals surface area contributed by atoms with Gasteiger partial charge in [0.15, 0.2) is 0 Å². The third kappa shape index (κ3) is 3.58. The van der Waals surface area contributed by atoms with Gasteiger partial charge in [-0.2, -0.15) is 0 Å². The van der Waals surface area contributed by atoms with Crippen LogP contribution in [0.5, 0.6) is 5.88 Å². The number of hydrogen-bond acceptors (Lipinski definition) is 2. The van der Waals surface area contributed by atoms with Crippen LogP contribution in [0, 0.1) is 11.6 Å². The van der Waals surface area contributed by atoms with Crippen LogP contribution in [0.4, 0.5) is 8.78 Å². The Hall–Kier alpha value is -2.92. The number of benzene rings is 2. The van der Waals surface area contributed by atoms with Crippen LogP contribution in [0.3, 0.4) is 0 Å². The van der Waals surface area contributed by atoms with Crippen LogP contribution in [-0.4, -0.2) is 14.7 Å². The lowest BCUT2D eigenvalue weighted by Gasteiger charge is -2.06. The number of aryl methyl sites for hydroxylation is 2. The molecule has 0 radical (unpaired) electrons. The molecule has 0 aliphatic heterocycles. The van der Waals surface area contributed by atoms with Crippen LogP contribution in [0.2, 0.25) is 5.02 Å². The molecule has 0 bridgehead atoms. The number of pyridine rings is 1. The molecular weight excluding hydrogens is 382 g/mol. The Bertz CT molecular complexity index is 1140. The molecule has 0 saturated carbocycles. The van der Waals surface area contributed by atoms with Crippen LogP contribution in [0.25, 0.3) is 21.9 Å². The van der Waals surface area contributed by atoms with E-state index in [9.17, 15) is 13.9 Å². The Morgan fingerprint density at radius 3 is 2.54 bits per heavy atom. The summed E-state index contributed by atoms with van der Waals surface area (Å²) >= 11 is 6.42. The molecule has 142 valence electrons. The van der Waals surface area contributed by atoms with Crippen molar-refractivity contribution >= 4 is 22.4 Å². The topological polar surface area (TPSA) is 38.1 Å². The third-order valence-electron chi connectivity index (χ3n) is 4.79. The van der Waals surface area contributed by atoms with Gasteiger partial charge in [-0.25, -0.2) is 8.78 Å². The van der Waals surface area contributed by atoms with E-state index >= 15 is 0 Å². The predicted octanol–water partition coefficient (Wildman–Crippen LogP) is 5.97. The summed E-state index contributed by atoms with van der Waals surface area (Å²) in [7, 11) is 0. The van der Waals surface area contributed by atoms with Gasteiger partial charge in [-0.15, -0.1) is 0 Å². The van der Waals surface area contributed by atoms with Gasteiger partial charge in [0.2, 0.25) is 5.88 Å². The average Bonchev–Trinajstić information content (AvgIpc) is 3.00. The summed E-state index contributed by atoms with van der Waals surface area (Å²) in [6, 6.07) is 11.2. The minimum absolute atomic E-state index is 0.0841. The maximum atomic E-state index is 13.8. The maximum Gasteiger partial charge on any atom is 0.200 e. The largest absolute Gasteiger partial charge is 0.494 e. The second kappa shape index (κ2) is 7.60. The molecule has 1 N–H and O–H groups in total. The zero-order valence-electron chi connectivity index (χ0n) is 14.9. The molecule has 0 spiro atoms. The first-order chi connectivity index (χ1) is 13.5. The summed E-state index contributed by atoms with van der Waals surface area (Å²) in [5.74, 6) is -1.05. The van der Waals surface area contributed by atoms with Crippen LogP contribution < -0.4 is 0 Å². The van der Waals surface area contributed by atoms with Gasteiger partial charge < -0.3 is 9.67 Å². The number of nitrogens with zero attached hydrogens (tertiary/aromatic N) is 2. The van der Waals surface area contributed by atoms with Gasteiger partial charge in [0, 0.05) is 36.6 Å². The minimum atomic E-state index is -0.588. The molecule has 0 unspecified atom stereocenters.